The maximum Gasteiger partial charge on any atom is 0.117 e. The molecule has 1 aromatic rings. The van der Waals surface area contributed by atoms with Gasteiger partial charge in [0.1, 0.15) is 5.75 Å². The van der Waals surface area contributed by atoms with Crippen molar-refractivity contribution in [2.75, 3.05) is 18.5 Å². The summed E-state index contributed by atoms with van der Waals surface area (Å²) in [6.07, 6.45) is 0. The van der Waals surface area contributed by atoms with E-state index < -0.39 is 0 Å². The fraction of sp³-hybridized carbons (Fsp3) is 0.400. The lowest BCUT2D eigenvalue weighted by molar-refractivity contribution is 0.475. The third-order valence-electron chi connectivity index (χ3n) is 1.96. The first-order valence-electron chi connectivity index (χ1n) is 4.15. The lowest BCUT2D eigenvalue weighted by Crippen LogP contribution is -2.15. The van der Waals surface area contributed by atoms with E-state index in [0.29, 0.717) is 5.75 Å². The second kappa shape index (κ2) is 3.48. The molecule has 0 amide bonds. The molecule has 0 fully saturated rings. The van der Waals surface area contributed by atoms with Gasteiger partial charge in [-0.1, -0.05) is 0 Å². The van der Waals surface area contributed by atoms with E-state index in [9.17, 15) is 5.11 Å². The van der Waals surface area contributed by atoms with E-state index >= 15 is 0 Å². The van der Waals surface area contributed by atoms with Crippen molar-refractivity contribution in [3.8, 4) is 5.75 Å². The predicted molar refractivity (Wildman–Crippen MR) is 51.8 cm³/mol. The van der Waals surface area contributed by atoms with Gasteiger partial charge in [0, 0.05) is 25.3 Å². The Morgan fingerprint density at radius 2 is 2.00 bits per heavy atom. The SMILES string of the molecule is CCN(C)c1cc(C)cc(O)c1. The molecule has 0 saturated heterocycles. The van der Waals surface area contributed by atoms with Crippen LogP contribution in [0.25, 0.3) is 0 Å². The highest BCUT2D eigenvalue weighted by atomic mass is 16.3. The quantitative estimate of drug-likeness (QED) is 0.725. The number of benzene rings is 1. The van der Waals surface area contributed by atoms with Crippen LogP contribution < -0.4 is 4.90 Å². The van der Waals surface area contributed by atoms with Crippen molar-refractivity contribution in [2.45, 2.75) is 13.8 Å². The predicted octanol–water partition coefficient (Wildman–Crippen LogP) is 2.16. The summed E-state index contributed by atoms with van der Waals surface area (Å²) in [5.41, 5.74) is 2.15. The van der Waals surface area contributed by atoms with Gasteiger partial charge in [-0.2, -0.15) is 0 Å². The molecule has 0 radical (unpaired) electrons. The van der Waals surface area contributed by atoms with Crippen molar-refractivity contribution in [3.05, 3.63) is 23.8 Å². The van der Waals surface area contributed by atoms with Crippen molar-refractivity contribution in [1.82, 2.24) is 0 Å². The minimum atomic E-state index is 0.338. The molecular weight excluding hydrogens is 150 g/mol. The van der Waals surface area contributed by atoms with Gasteiger partial charge in [0.15, 0.2) is 0 Å². The summed E-state index contributed by atoms with van der Waals surface area (Å²) in [6, 6.07) is 5.59. The lowest BCUT2D eigenvalue weighted by Gasteiger charge is -2.17. The number of nitrogens with zero attached hydrogens (tertiary/aromatic N) is 1. The summed E-state index contributed by atoms with van der Waals surface area (Å²) < 4.78 is 0. The highest BCUT2D eigenvalue weighted by molar-refractivity contribution is 5.52. The van der Waals surface area contributed by atoms with Gasteiger partial charge >= 0.3 is 0 Å². The van der Waals surface area contributed by atoms with Crippen LogP contribution in [0.5, 0.6) is 5.75 Å². The topological polar surface area (TPSA) is 23.5 Å². The minimum absolute atomic E-state index is 0.338. The molecule has 66 valence electrons. The number of aromatic hydroxyl groups is 1. The Hall–Kier alpha value is -1.18. The Balaban J connectivity index is 3.00. The van der Waals surface area contributed by atoms with E-state index in [-0.39, 0.29) is 0 Å². The molecule has 1 aromatic carbocycles. The van der Waals surface area contributed by atoms with Crippen LogP contribution in [0.3, 0.4) is 0 Å². The molecule has 0 bridgehead atoms. The number of phenols is 1. The van der Waals surface area contributed by atoms with Crippen molar-refractivity contribution in [1.29, 1.82) is 0 Å². The van der Waals surface area contributed by atoms with E-state index in [1.54, 1.807) is 12.1 Å². The van der Waals surface area contributed by atoms with Crippen LogP contribution in [0.15, 0.2) is 18.2 Å². The summed E-state index contributed by atoms with van der Waals surface area (Å²) in [5, 5.41) is 9.31. The lowest BCUT2D eigenvalue weighted by atomic mass is 10.2. The zero-order valence-corrected chi connectivity index (χ0v) is 7.83. The first-order chi connectivity index (χ1) is 5.63. The van der Waals surface area contributed by atoms with Gasteiger partial charge in [0.05, 0.1) is 0 Å². The second-order valence-electron chi connectivity index (χ2n) is 3.04. The van der Waals surface area contributed by atoms with Crippen LogP contribution in [-0.4, -0.2) is 18.7 Å². The first-order valence-corrected chi connectivity index (χ1v) is 4.15. The molecular formula is C10H15NO. The molecule has 12 heavy (non-hydrogen) atoms. The summed E-state index contributed by atoms with van der Waals surface area (Å²) >= 11 is 0. The van der Waals surface area contributed by atoms with Gasteiger partial charge < -0.3 is 10.0 Å². The molecule has 1 N–H and O–H groups in total. The van der Waals surface area contributed by atoms with Crippen LogP contribution in [0.2, 0.25) is 0 Å². The summed E-state index contributed by atoms with van der Waals surface area (Å²) in [6.45, 7) is 5.01. The summed E-state index contributed by atoms with van der Waals surface area (Å²) in [7, 11) is 2.01. The van der Waals surface area contributed by atoms with E-state index in [4.69, 9.17) is 0 Å². The Morgan fingerprint density at radius 3 is 2.50 bits per heavy atom. The highest BCUT2D eigenvalue weighted by Crippen LogP contribution is 2.21. The van der Waals surface area contributed by atoms with Gasteiger partial charge in [-0.15, -0.1) is 0 Å². The van der Waals surface area contributed by atoms with E-state index in [1.165, 1.54) is 0 Å². The van der Waals surface area contributed by atoms with Gasteiger partial charge in [-0.25, -0.2) is 0 Å². The average Bonchev–Trinajstić information content (AvgIpc) is 2.01. The maximum absolute atomic E-state index is 9.31. The van der Waals surface area contributed by atoms with Crippen LogP contribution in [0.4, 0.5) is 5.69 Å². The third-order valence-corrected chi connectivity index (χ3v) is 1.96. The fourth-order valence-corrected chi connectivity index (χ4v) is 1.15. The number of rotatable bonds is 2. The number of aryl methyl sites for hydroxylation is 1. The van der Waals surface area contributed by atoms with Crippen LogP contribution >= 0.6 is 0 Å². The van der Waals surface area contributed by atoms with Crippen molar-refractivity contribution < 1.29 is 5.11 Å². The molecule has 2 nitrogen and oxygen atoms in total. The van der Waals surface area contributed by atoms with Crippen molar-refractivity contribution in [3.63, 3.8) is 0 Å². The van der Waals surface area contributed by atoms with E-state index in [0.717, 1.165) is 17.8 Å². The Kier molecular flexibility index (Phi) is 2.58. The number of hydrogen-bond acceptors (Lipinski definition) is 2. The zero-order valence-electron chi connectivity index (χ0n) is 7.83. The molecule has 2 heteroatoms. The molecule has 0 spiro atoms. The summed E-state index contributed by atoms with van der Waals surface area (Å²) in [5.74, 6) is 0.338. The van der Waals surface area contributed by atoms with Crippen LogP contribution in [-0.2, 0) is 0 Å². The minimum Gasteiger partial charge on any atom is -0.508 e. The molecule has 0 aromatic heterocycles. The summed E-state index contributed by atoms with van der Waals surface area (Å²) in [4.78, 5) is 2.09. The molecule has 0 atom stereocenters. The average molecular weight is 165 g/mol. The third kappa shape index (κ3) is 1.91. The van der Waals surface area contributed by atoms with Gasteiger partial charge in [-0.05, 0) is 31.5 Å². The van der Waals surface area contributed by atoms with Crippen molar-refractivity contribution in [2.24, 2.45) is 0 Å². The molecule has 0 heterocycles. The molecule has 0 aliphatic carbocycles. The number of hydrogen-bond donors (Lipinski definition) is 1. The first kappa shape index (κ1) is 8.91. The Labute approximate surface area is 73.4 Å². The Morgan fingerprint density at radius 1 is 1.33 bits per heavy atom. The van der Waals surface area contributed by atoms with E-state index in [2.05, 4.69) is 17.9 Å². The van der Waals surface area contributed by atoms with Crippen LogP contribution in [0.1, 0.15) is 12.5 Å². The van der Waals surface area contributed by atoms with Gasteiger partial charge in [-0.3, -0.25) is 0 Å². The zero-order chi connectivity index (χ0) is 9.14. The fourth-order valence-electron chi connectivity index (χ4n) is 1.15. The monoisotopic (exact) mass is 165 g/mol. The second-order valence-corrected chi connectivity index (χ2v) is 3.04. The maximum atomic E-state index is 9.31. The molecule has 0 aliphatic heterocycles. The Bertz CT molecular complexity index is 250. The van der Waals surface area contributed by atoms with Gasteiger partial charge in [0.2, 0.25) is 0 Å². The molecule has 1 rings (SSSR count). The normalized spacial score (nSPS) is 9.92. The number of anilines is 1. The largest absolute Gasteiger partial charge is 0.508 e. The molecule has 0 unspecified atom stereocenters. The smallest absolute Gasteiger partial charge is 0.117 e. The molecule has 0 saturated carbocycles. The standard InChI is InChI=1S/C10H15NO/c1-4-11(3)9-5-8(2)6-10(12)7-9/h5-7,12H,4H2,1-3H3. The van der Waals surface area contributed by atoms with Crippen molar-refractivity contribution >= 4 is 5.69 Å². The highest BCUT2D eigenvalue weighted by Gasteiger charge is 2.00. The number of phenolic OH excluding ortho intramolecular Hbond substituents is 1. The van der Waals surface area contributed by atoms with Gasteiger partial charge in [0.25, 0.3) is 0 Å². The van der Waals surface area contributed by atoms with E-state index in [1.807, 2.05) is 14.0 Å². The van der Waals surface area contributed by atoms with Crippen LogP contribution in [0, 0.1) is 6.92 Å². The molecule has 0 aliphatic rings.